The quantitative estimate of drug-likeness (QED) is 0.135. The molecule has 0 aliphatic rings. The van der Waals surface area contributed by atoms with Crippen molar-refractivity contribution in [1.82, 2.24) is 16.0 Å². The number of thiol groups is 1. The molecule has 0 saturated heterocycles. The minimum absolute atomic E-state index is 0.0343. The number of carbonyl (C=O) groups is 5. The highest BCUT2D eigenvalue weighted by molar-refractivity contribution is 7.80. The van der Waals surface area contributed by atoms with Crippen LogP contribution in [0.3, 0.4) is 0 Å². The summed E-state index contributed by atoms with van der Waals surface area (Å²) in [6.07, 6.45) is -0.520. The number of amides is 4. The molecule has 0 aliphatic heterocycles. The highest BCUT2D eigenvalue weighted by Crippen LogP contribution is 2.11. The van der Waals surface area contributed by atoms with Gasteiger partial charge < -0.3 is 37.6 Å². The number of aliphatic carboxylic acids is 1. The molecular weight excluding hydrogens is 514 g/mol. The molecule has 9 N–H and O–H groups in total. The smallest absolute Gasteiger partial charge is 0.326 e. The third-order valence-electron chi connectivity index (χ3n) is 5.48. The number of nitrogens with one attached hydrogen (secondary N) is 3. The monoisotopic (exact) mass is 545 g/mol. The number of hydrogen-bond donors (Lipinski definition) is 8. The van der Waals surface area contributed by atoms with Crippen LogP contribution in [0.15, 0.2) is 54.6 Å². The molecule has 4 atom stereocenters. The second-order valence-electron chi connectivity index (χ2n) is 8.54. The maximum Gasteiger partial charge on any atom is 0.326 e. The topological polar surface area (TPSA) is 214 Å². The number of carboxylic acid groups (broad SMARTS) is 1. The molecule has 0 saturated carbocycles. The number of primary amides is 1. The van der Waals surface area contributed by atoms with E-state index in [1.54, 1.807) is 42.5 Å². The van der Waals surface area contributed by atoms with Gasteiger partial charge in [0.05, 0.1) is 12.5 Å². The fourth-order valence-electron chi connectivity index (χ4n) is 3.46. The van der Waals surface area contributed by atoms with E-state index in [-0.39, 0.29) is 24.3 Å². The number of phenolic OH excluding ortho intramolecular Hbond substituents is 1. The number of carbonyl (C=O) groups excluding carboxylic acids is 4. The van der Waals surface area contributed by atoms with Gasteiger partial charge in [-0.3, -0.25) is 19.2 Å². The van der Waals surface area contributed by atoms with Gasteiger partial charge in [0.1, 0.15) is 23.9 Å². The molecule has 12 nitrogen and oxygen atoms in total. The van der Waals surface area contributed by atoms with Gasteiger partial charge in [-0.1, -0.05) is 42.5 Å². The highest BCUT2D eigenvalue weighted by Gasteiger charge is 2.31. The van der Waals surface area contributed by atoms with E-state index >= 15 is 0 Å². The SMILES string of the molecule is NC(=O)CC(NC(=O)C(CS)NC(=O)C(N)Cc1ccc(O)cc1)C(=O)NC(Cc1ccccc1)C(=O)O. The predicted octanol–water partition coefficient (Wildman–Crippen LogP) is -1.15. The van der Waals surface area contributed by atoms with Crippen LogP contribution in [0.2, 0.25) is 0 Å². The molecule has 0 aliphatic carbocycles. The Bertz CT molecular complexity index is 1130. The summed E-state index contributed by atoms with van der Waals surface area (Å²) in [5.41, 5.74) is 12.5. The van der Waals surface area contributed by atoms with E-state index in [1.165, 1.54) is 12.1 Å². The molecule has 38 heavy (non-hydrogen) atoms. The molecule has 13 heteroatoms. The molecule has 0 heterocycles. The number of hydrogen-bond acceptors (Lipinski definition) is 8. The highest BCUT2D eigenvalue weighted by atomic mass is 32.1. The van der Waals surface area contributed by atoms with Gasteiger partial charge in [0, 0.05) is 12.2 Å². The zero-order valence-electron chi connectivity index (χ0n) is 20.4. The van der Waals surface area contributed by atoms with Crippen molar-refractivity contribution in [2.75, 3.05) is 5.75 Å². The van der Waals surface area contributed by atoms with Crippen LogP contribution < -0.4 is 27.4 Å². The molecule has 204 valence electrons. The van der Waals surface area contributed by atoms with Gasteiger partial charge in [-0.25, -0.2) is 4.79 Å². The van der Waals surface area contributed by atoms with Crippen molar-refractivity contribution < 1.29 is 34.2 Å². The Morgan fingerprint density at radius 1 is 0.763 bits per heavy atom. The van der Waals surface area contributed by atoms with Crippen molar-refractivity contribution in [3.63, 3.8) is 0 Å². The van der Waals surface area contributed by atoms with Gasteiger partial charge in [0.15, 0.2) is 0 Å². The molecule has 0 aromatic heterocycles. The van der Waals surface area contributed by atoms with Crippen LogP contribution in [0.5, 0.6) is 5.75 Å². The van der Waals surface area contributed by atoms with Crippen molar-refractivity contribution >= 4 is 42.2 Å². The molecule has 2 aromatic carbocycles. The molecule has 2 rings (SSSR count). The fraction of sp³-hybridized carbons (Fsp3) is 0.320. The van der Waals surface area contributed by atoms with E-state index in [0.29, 0.717) is 11.1 Å². The largest absolute Gasteiger partial charge is 0.508 e. The van der Waals surface area contributed by atoms with E-state index < -0.39 is 60.2 Å². The maximum absolute atomic E-state index is 12.8. The minimum atomic E-state index is -1.50. The summed E-state index contributed by atoms with van der Waals surface area (Å²) in [5.74, 6) is -4.78. The molecule has 0 radical (unpaired) electrons. The average molecular weight is 546 g/mol. The first-order valence-electron chi connectivity index (χ1n) is 11.6. The van der Waals surface area contributed by atoms with Crippen molar-refractivity contribution in [3.8, 4) is 5.75 Å². The summed E-state index contributed by atoms with van der Waals surface area (Å²) in [5, 5.41) is 26.0. The predicted molar refractivity (Wildman–Crippen MR) is 141 cm³/mol. The molecule has 0 spiro atoms. The van der Waals surface area contributed by atoms with E-state index in [2.05, 4.69) is 28.6 Å². The molecule has 2 aromatic rings. The van der Waals surface area contributed by atoms with Crippen LogP contribution in [0.1, 0.15) is 17.5 Å². The Morgan fingerprint density at radius 2 is 1.29 bits per heavy atom. The zero-order valence-corrected chi connectivity index (χ0v) is 21.3. The maximum atomic E-state index is 12.8. The van der Waals surface area contributed by atoms with Crippen LogP contribution in [0, 0.1) is 0 Å². The Balaban J connectivity index is 2.04. The Labute approximate surface area is 224 Å². The number of phenols is 1. The lowest BCUT2D eigenvalue weighted by Crippen LogP contribution is -2.58. The third kappa shape index (κ3) is 9.75. The minimum Gasteiger partial charge on any atom is -0.508 e. The standard InChI is InChI=1S/C25H31N5O7S/c26-17(10-15-6-8-16(31)9-7-15)22(33)30-20(13-38)24(35)28-18(12-21(27)32)23(34)29-19(25(36)37)11-14-4-2-1-3-5-14/h1-9,17-20,31,38H,10-13,26H2,(H2,27,32)(H,28,35)(H,29,34)(H,30,33)(H,36,37). The summed E-state index contributed by atoms with van der Waals surface area (Å²) in [6.45, 7) is 0. The number of benzene rings is 2. The molecule has 4 amide bonds. The summed E-state index contributed by atoms with van der Waals surface area (Å²) in [7, 11) is 0. The van der Waals surface area contributed by atoms with Crippen LogP contribution >= 0.6 is 12.6 Å². The summed E-state index contributed by atoms with van der Waals surface area (Å²) < 4.78 is 0. The normalized spacial score (nSPS) is 13.8. The average Bonchev–Trinajstić information content (AvgIpc) is 2.87. The zero-order chi connectivity index (χ0) is 28.2. The van der Waals surface area contributed by atoms with Crippen LogP contribution in [0.4, 0.5) is 0 Å². The van der Waals surface area contributed by atoms with Gasteiger partial charge in [0.2, 0.25) is 23.6 Å². The van der Waals surface area contributed by atoms with E-state index in [0.717, 1.165) is 0 Å². The van der Waals surface area contributed by atoms with E-state index in [9.17, 15) is 34.2 Å². The molecular formula is C25H31N5O7S. The first-order valence-corrected chi connectivity index (χ1v) is 12.2. The number of rotatable bonds is 14. The molecule has 0 fully saturated rings. The first-order chi connectivity index (χ1) is 18.0. The lowest BCUT2D eigenvalue weighted by Gasteiger charge is -2.24. The Hall–Kier alpha value is -4.10. The summed E-state index contributed by atoms with van der Waals surface area (Å²) >= 11 is 4.08. The first kappa shape index (κ1) is 30.1. The van der Waals surface area contributed by atoms with Crippen molar-refractivity contribution in [2.24, 2.45) is 11.5 Å². The lowest BCUT2D eigenvalue weighted by atomic mass is 10.0. The Kier molecular flexibility index (Phi) is 11.6. The van der Waals surface area contributed by atoms with Gasteiger partial charge in [-0.05, 0) is 29.7 Å². The number of carboxylic acids is 1. The van der Waals surface area contributed by atoms with Crippen LogP contribution in [0.25, 0.3) is 0 Å². The lowest BCUT2D eigenvalue weighted by molar-refractivity contribution is -0.142. The second-order valence-corrected chi connectivity index (χ2v) is 8.91. The van der Waals surface area contributed by atoms with Crippen molar-refractivity contribution in [2.45, 2.75) is 43.4 Å². The third-order valence-corrected chi connectivity index (χ3v) is 5.84. The molecule has 4 unspecified atom stereocenters. The number of nitrogens with two attached hydrogens (primary N) is 2. The van der Waals surface area contributed by atoms with Crippen molar-refractivity contribution in [1.29, 1.82) is 0 Å². The second kappa shape index (κ2) is 14.6. The van der Waals surface area contributed by atoms with Gasteiger partial charge in [-0.15, -0.1) is 0 Å². The Morgan fingerprint density at radius 3 is 1.84 bits per heavy atom. The fourth-order valence-corrected chi connectivity index (χ4v) is 3.71. The summed E-state index contributed by atoms with van der Waals surface area (Å²) in [4.78, 5) is 61.5. The van der Waals surface area contributed by atoms with E-state index in [4.69, 9.17) is 11.5 Å². The van der Waals surface area contributed by atoms with E-state index in [1.807, 2.05) is 0 Å². The van der Waals surface area contributed by atoms with Crippen molar-refractivity contribution in [3.05, 3.63) is 65.7 Å². The van der Waals surface area contributed by atoms with Crippen LogP contribution in [-0.2, 0) is 36.8 Å². The van der Waals surface area contributed by atoms with Gasteiger partial charge >= 0.3 is 5.97 Å². The number of aromatic hydroxyl groups is 1. The van der Waals surface area contributed by atoms with Gasteiger partial charge in [-0.2, -0.15) is 12.6 Å². The molecule has 0 bridgehead atoms. The van der Waals surface area contributed by atoms with Gasteiger partial charge in [0.25, 0.3) is 0 Å². The summed E-state index contributed by atoms with van der Waals surface area (Å²) in [6, 6.07) is 9.57. The van der Waals surface area contributed by atoms with Crippen LogP contribution in [-0.4, -0.2) is 69.7 Å².